The van der Waals surface area contributed by atoms with Gasteiger partial charge in [-0.2, -0.15) is 0 Å². The van der Waals surface area contributed by atoms with Crippen molar-refractivity contribution in [1.82, 2.24) is 0 Å². The lowest BCUT2D eigenvalue weighted by molar-refractivity contribution is -0.199. The highest BCUT2D eigenvalue weighted by molar-refractivity contribution is 6.20. The number of aliphatic carboxylic acids is 3. The number of carboxylic acid groups (broad SMARTS) is 3. The molecule has 3 N–H and O–H groups in total. The van der Waals surface area contributed by atoms with Crippen LogP contribution in [0.5, 0.6) is 0 Å². The molecule has 0 fully saturated rings. The van der Waals surface area contributed by atoms with E-state index in [1.807, 2.05) is 0 Å². The predicted molar refractivity (Wildman–Crippen MR) is 91.6 cm³/mol. The smallest absolute Gasteiger partial charge is 0.339 e. The summed E-state index contributed by atoms with van der Waals surface area (Å²) < 4.78 is 4.94. The molecule has 0 radical (unpaired) electrons. The summed E-state index contributed by atoms with van der Waals surface area (Å²) in [5.41, 5.74) is -1.88. The second-order valence-electron chi connectivity index (χ2n) is 5.06. The number of benzene rings is 1. The van der Waals surface area contributed by atoms with Gasteiger partial charge in [0.1, 0.15) is 0 Å². The fourth-order valence-corrected chi connectivity index (χ4v) is 1.90. The number of halogens is 1. The molecule has 1 unspecified atom stereocenters. The van der Waals surface area contributed by atoms with Crippen molar-refractivity contribution in [2.75, 3.05) is 0 Å². The van der Waals surface area contributed by atoms with Crippen molar-refractivity contribution in [2.45, 2.75) is 18.4 Å². The highest BCUT2D eigenvalue weighted by Crippen LogP contribution is 2.23. The molecule has 0 aliphatic heterocycles. The lowest BCUT2D eigenvalue weighted by Crippen LogP contribution is -2.13. The molecular weight excluding hydrogens is 400 g/mol. The first-order valence-electron chi connectivity index (χ1n) is 7.47. The zero-order valence-corrected chi connectivity index (χ0v) is 14.9. The predicted octanol–water partition coefficient (Wildman–Crippen LogP) is 2.22. The molecule has 0 heterocycles. The fraction of sp³-hybridized carbons (Fsp3) is 0.176. The molecule has 0 aliphatic carbocycles. The van der Waals surface area contributed by atoms with E-state index < -0.39 is 53.4 Å². The van der Waals surface area contributed by atoms with Crippen molar-refractivity contribution in [2.24, 2.45) is 0 Å². The standard InChI is InChI=1S/C17H15ClO10/c18-15(10-4-2-1-3-5-10)28-17(25)12(7-14(21)22)9-27-26-8-11(16(23)24)6-13(19)20/h1-5,8-9,15H,6-7H2,(H,19,20)(H,21,22)(H,23,24). The van der Waals surface area contributed by atoms with Crippen molar-refractivity contribution in [3.8, 4) is 0 Å². The highest BCUT2D eigenvalue weighted by atomic mass is 35.5. The van der Waals surface area contributed by atoms with E-state index in [4.69, 9.17) is 31.7 Å². The van der Waals surface area contributed by atoms with Crippen LogP contribution in [-0.2, 0) is 33.7 Å². The molecular formula is C17H15ClO10. The maximum absolute atomic E-state index is 12.1. The van der Waals surface area contributed by atoms with Gasteiger partial charge < -0.3 is 20.1 Å². The van der Waals surface area contributed by atoms with Crippen LogP contribution in [0.1, 0.15) is 24.0 Å². The Morgan fingerprint density at radius 2 is 1.39 bits per heavy atom. The first-order valence-corrected chi connectivity index (χ1v) is 7.91. The third kappa shape index (κ3) is 8.23. The number of carbonyl (C=O) groups excluding carboxylic acids is 1. The summed E-state index contributed by atoms with van der Waals surface area (Å²) >= 11 is 5.95. The maximum atomic E-state index is 12.1. The first kappa shape index (κ1) is 22.5. The van der Waals surface area contributed by atoms with Gasteiger partial charge in [-0.25, -0.2) is 9.59 Å². The first-order chi connectivity index (χ1) is 13.2. The number of ether oxygens (including phenoxy) is 1. The molecule has 0 aromatic heterocycles. The largest absolute Gasteiger partial charge is 0.481 e. The van der Waals surface area contributed by atoms with Gasteiger partial charge in [-0.05, 0) is 0 Å². The summed E-state index contributed by atoms with van der Waals surface area (Å²) in [5, 5.41) is 26.2. The minimum absolute atomic E-state index is 0.451. The second kappa shape index (κ2) is 11.2. The van der Waals surface area contributed by atoms with Gasteiger partial charge in [-0.1, -0.05) is 41.9 Å². The highest BCUT2D eigenvalue weighted by Gasteiger charge is 2.21. The van der Waals surface area contributed by atoms with Crippen LogP contribution < -0.4 is 0 Å². The Morgan fingerprint density at radius 1 is 0.893 bits per heavy atom. The number of hydrogen-bond acceptors (Lipinski definition) is 7. The minimum atomic E-state index is -1.56. The Labute approximate surface area is 163 Å². The summed E-state index contributed by atoms with van der Waals surface area (Å²) in [6, 6.07) is 8.22. The van der Waals surface area contributed by atoms with Crippen LogP contribution in [0, 0.1) is 0 Å². The minimum Gasteiger partial charge on any atom is -0.481 e. The molecule has 0 saturated heterocycles. The zero-order chi connectivity index (χ0) is 21.1. The van der Waals surface area contributed by atoms with Crippen LogP contribution in [-0.4, -0.2) is 39.2 Å². The fourth-order valence-electron chi connectivity index (χ4n) is 1.67. The van der Waals surface area contributed by atoms with Crippen molar-refractivity contribution in [1.29, 1.82) is 0 Å². The average Bonchev–Trinajstić information content (AvgIpc) is 2.62. The van der Waals surface area contributed by atoms with Crippen molar-refractivity contribution in [3.63, 3.8) is 0 Å². The molecule has 0 aliphatic rings. The van der Waals surface area contributed by atoms with E-state index >= 15 is 0 Å². The number of carboxylic acids is 3. The Balaban J connectivity index is 2.80. The third-order valence-corrected chi connectivity index (χ3v) is 3.27. The Hall–Kier alpha value is -3.53. The quantitative estimate of drug-likeness (QED) is 0.0932. The molecule has 1 aromatic rings. The van der Waals surface area contributed by atoms with Crippen LogP contribution in [0.4, 0.5) is 0 Å². The normalized spacial score (nSPS) is 12.6. The maximum Gasteiger partial charge on any atom is 0.339 e. The Kier molecular flexibility index (Phi) is 9.04. The van der Waals surface area contributed by atoms with Gasteiger partial charge in [0, 0.05) is 5.56 Å². The van der Waals surface area contributed by atoms with Gasteiger partial charge in [0.15, 0.2) is 12.5 Å². The molecule has 1 atom stereocenters. The number of hydrogen-bond donors (Lipinski definition) is 3. The summed E-state index contributed by atoms with van der Waals surface area (Å²) in [6.45, 7) is 0. The number of alkyl halides is 1. The van der Waals surface area contributed by atoms with E-state index in [-0.39, 0.29) is 0 Å². The zero-order valence-electron chi connectivity index (χ0n) is 14.1. The summed E-state index contributed by atoms with van der Waals surface area (Å²) in [7, 11) is 0. The molecule has 11 heteroatoms. The van der Waals surface area contributed by atoms with Gasteiger partial charge >= 0.3 is 23.9 Å². The molecule has 1 aromatic carbocycles. The van der Waals surface area contributed by atoms with Crippen LogP contribution in [0.2, 0.25) is 0 Å². The molecule has 0 spiro atoms. The van der Waals surface area contributed by atoms with Crippen LogP contribution in [0.25, 0.3) is 0 Å². The second-order valence-corrected chi connectivity index (χ2v) is 5.45. The van der Waals surface area contributed by atoms with Gasteiger partial charge in [0.05, 0.1) is 24.0 Å². The topological polar surface area (TPSA) is 157 Å². The van der Waals surface area contributed by atoms with Crippen LogP contribution in [0.3, 0.4) is 0 Å². The Bertz CT molecular complexity index is 784. The molecule has 0 saturated carbocycles. The summed E-state index contributed by atoms with van der Waals surface area (Å²) in [5.74, 6) is -5.47. The number of rotatable bonds is 11. The Morgan fingerprint density at radius 3 is 1.89 bits per heavy atom. The van der Waals surface area contributed by atoms with Crippen LogP contribution >= 0.6 is 11.6 Å². The lowest BCUT2D eigenvalue weighted by Gasteiger charge is -2.12. The van der Waals surface area contributed by atoms with E-state index in [0.717, 1.165) is 0 Å². The van der Waals surface area contributed by atoms with E-state index in [0.29, 0.717) is 18.1 Å². The summed E-state index contributed by atoms with van der Waals surface area (Å²) in [4.78, 5) is 53.2. The van der Waals surface area contributed by atoms with Crippen molar-refractivity contribution in [3.05, 3.63) is 59.6 Å². The SMILES string of the molecule is O=C(O)CC(=COOC=C(CC(=O)O)C(=O)OC(Cl)c1ccccc1)C(=O)O. The number of carbonyl (C=O) groups is 4. The molecule has 1 rings (SSSR count). The van der Waals surface area contributed by atoms with Gasteiger partial charge in [0.2, 0.25) is 5.56 Å². The lowest BCUT2D eigenvalue weighted by atomic mass is 10.2. The molecule has 28 heavy (non-hydrogen) atoms. The molecule has 0 bridgehead atoms. The van der Waals surface area contributed by atoms with Gasteiger partial charge in [-0.15, -0.1) is 0 Å². The van der Waals surface area contributed by atoms with E-state index in [1.54, 1.807) is 30.3 Å². The molecule has 0 amide bonds. The molecule has 10 nitrogen and oxygen atoms in total. The van der Waals surface area contributed by atoms with Gasteiger partial charge in [-0.3, -0.25) is 19.4 Å². The van der Waals surface area contributed by atoms with E-state index in [2.05, 4.69) is 9.78 Å². The van der Waals surface area contributed by atoms with Crippen molar-refractivity contribution >= 4 is 35.5 Å². The van der Waals surface area contributed by atoms with E-state index in [1.165, 1.54) is 0 Å². The summed E-state index contributed by atoms with van der Waals surface area (Å²) in [6.07, 6.45) is -0.574. The van der Waals surface area contributed by atoms with Crippen LogP contribution in [0.15, 0.2) is 54.0 Å². The number of esters is 1. The van der Waals surface area contributed by atoms with Gasteiger partial charge in [0.25, 0.3) is 0 Å². The molecule has 150 valence electrons. The average molecular weight is 415 g/mol. The third-order valence-electron chi connectivity index (χ3n) is 2.93. The van der Waals surface area contributed by atoms with Crippen molar-refractivity contribution < 1.29 is 49.0 Å². The van der Waals surface area contributed by atoms with E-state index in [9.17, 15) is 19.2 Å². The monoisotopic (exact) mass is 414 g/mol.